The predicted octanol–water partition coefficient (Wildman–Crippen LogP) is 3.60. The second-order valence-corrected chi connectivity index (χ2v) is 7.15. The molecule has 154 valence electrons. The van der Waals surface area contributed by atoms with Crippen molar-refractivity contribution in [3.8, 4) is 11.5 Å². The molecule has 1 fully saturated rings. The van der Waals surface area contributed by atoms with E-state index in [1.165, 1.54) is 0 Å². The largest absolute Gasteiger partial charge is 0.496 e. The Hall–Kier alpha value is -2.57. The number of carbonyl (C=O) groups excluding carboxylic acids is 1. The van der Waals surface area contributed by atoms with E-state index >= 15 is 0 Å². The Bertz CT molecular complexity index is 857. The molecule has 0 spiro atoms. The molecule has 29 heavy (non-hydrogen) atoms. The summed E-state index contributed by atoms with van der Waals surface area (Å²) in [7, 11) is 1.64. The molecule has 2 aromatic carbocycles. The molecule has 1 aliphatic heterocycles. The Balaban J connectivity index is 1.70. The average Bonchev–Trinajstić information content (AvgIpc) is 3.42. The molecule has 1 atom stereocenters. The molecule has 2 aliphatic rings. The monoisotopic (exact) mass is 398 g/mol. The standard InChI is InChI=1S/C23H26O6/c1-3-26-22(24)16-11-17-18(12-16)21(23-27-9-10-28-23)20(13-19(17)25-2)29-14-15-7-5-4-6-8-15/h4-8,13,16,23H,3,9-12,14H2,1-2H3. The van der Waals surface area contributed by atoms with Crippen molar-refractivity contribution in [1.82, 2.24) is 0 Å². The third-order valence-corrected chi connectivity index (χ3v) is 5.35. The highest BCUT2D eigenvalue weighted by Gasteiger charge is 2.37. The van der Waals surface area contributed by atoms with E-state index in [1.807, 2.05) is 43.3 Å². The molecule has 0 bridgehead atoms. The van der Waals surface area contributed by atoms with Crippen LogP contribution >= 0.6 is 0 Å². The molecular weight excluding hydrogens is 372 g/mol. The maximum absolute atomic E-state index is 12.4. The number of rotatable bonds is 7. The number of esters is 1. The zero-order chi connectivity index (χ0) is 20.2. The zero-order valence-electron chi connectivity index (χ0n) is 16.8. The van der Waals surface area contributed by atoms with E-state index in [9.17, 15) is 4.79 Å². The number of hydrogen-bond donors (Lipinski definition) is 0. The van der Waals surface area contributed by atoms with Gasteiger partial charge in [-0.2, -0.15) is 0 Å². The van der Waals surface area contributed by atoms with E-state index in [0.717, 1.165) is 28.0 Å². The van der Waals surface area contributed by atoms with Crippen LogP contribution in [0.15, 0.2) is 36.4 Å². The van der Waals surface area contributed by atoms with Crippen molar-refractivity contribution in [1.29, 1.82) is 0 Å². The van der Waals surface area contributed by atoms with Gasteiger partial charge in [-0.05, 0) is 36.5 Å². The Labute approximate surface area is 170 Å². The molecule has 0 radical (unpaired) electrons. The van der Waals surface area contributed by atoms with E-state index < -0.39 is 6.29 Å². The van der Waals surface area contributed by atoms with Crippen LogP contribution in [0.3, 0.4) is 0 Å². The van der Waals surface area contributed by atoms with Crippen molar-refractivity contribution in [2.75, 3.05) is 26.9 Å². The first kappa shape index (κ1) is 19.7. The summed E-state index contributed by atoms with van der Waals surface area (Å²) in [5.41, 5.74) is 3.95. The molecule has 4 rings (SSSR count). The average molecular weight is 398 g/mol. The fraction of sp³-hybridized carbons (Fsp3) is 0.435. The maximum Gasteiger partial charge on any atom is 0.309 e. The fourth-order valence-corrected chi connectivity index (χ4v) is 4.01. The maximum atomic E-state index is 12.4. The van der Waals surface area contributed by atoms with Crippen LogP contribution in [-0.2, 0) is 38.5 Å². The van der Waals surface area contributed by atoms with Crippen LogP contribution < -0.4 is 9.47 Å². The van der Waals surface area contributed by atoms with Crippen molar-refractivity contribution in [2.24, 2.45) is 5.92 Å². The lowest BCUT2D eigenvalue weighted by Crippen LogP contribution is -2.18. The van der Waals surface area contributed by atoms with Crippen molar-refractivity contribution >= 4 is 5.97 Å². The van der Waals surface area contributed by atoms with E-state index in [-0.39, 0.29) is 11.9 Å². The van der Waals surface area contributed by atoms with Gasteiger partial charge in [0.25, 0.3) is 0 Å². The van der Waals surface area contributed by atoms with Crippen LogP contribution in [0.25, 0.3) is 0 Å². The molecule has 0 aromatic heterocycles. The highest BCUT2D eigenvalue weighted by atomic mass is 16.7. The van der Waals surface area contributed by atoms with Gasteiger partial charge in [-0.15, -0.1) is 0 Å². The second kappa shape index (κ2) is 8.84. The molecule has 6 nitrogen and oxygen atoms in total. The summed E-state index contributed by atoms with van der Waals surface area (Å²) in [5.74, 6) is 0.970. The number of hydrogen-bond acceptors (Lipinski definition) is 6. The quantitative estimate of drug-likeness (QED) is 0.664. The minimum Gasteiger partial charge on any atom is -0.496 e. The minimum absolute atomic E-state index is 0.184. The molecule has 6 heteroatoms. The van der Waals surface area contributed by atoms with Gasteiger partial charge in [0, 0.05) is 6.07 Å². The van der Waals surface area contributed by atoms with E-state index in [0.29, 0.717) is 45.0 Å². The molecule has 1 aliphatic carbocycles. The molecule has 2 aromatic rings. The lowest BCUT2D eigenvalue weighted by molar-refractivity contribution is -0.147. The van der Waals surface area contributed by atoms with E-state index in [4.69, 9.17) is 23.7 Å². The van der Waals surface area contributed by atoms with Crippen LogP contribution in [0.5, 0.6) is 11.5 Å². The number of fused-ring (bicyclic) bond motifs is 1. The molecular formula is C23H26O6. The molecule has 0 saturated carbocycles. The van der Waals surface area contributed by atoms with Gasteiger partial charge in [-0.3, -0.25) is 4.79 Å². The van der Waals surface area contributed by atoms with Gasteiger partial charge in [0.05, 0.1) is 38.4 Å². The van der Waals surface area contributed by atoms with E-state index in [1.54, 1.807) is 7.11 Å². The first-order valence-electron chi connectivity index (χ1n) is 10.0. The van der Waals surface area contributed by atoms with Gasteiger partial charge in [-0.25, -0.2) is 0 Å². The Morgan fingerprint density at radius 3 is 2.48 bits per heavy atom. The molecule has 0 amide bonds. The normalized spacial score (nSPS) is 18.5. The van der Waals surface area contributed by atoms with Crippen molar-refractivity contribution in [3.05, 3.63) is 58.7 Å². The van der Waals surface area contributed by atoms with Crippen LogP contribution in [0.1, 0.15) is 35.5 Å². The van der Waals surface area contributed by atoms with Crippen molar-refractivity contribution in [3.63, 3.8) is 0 Å². The summed E-state index contributed by atoms with van der Waals surface area (Å²) < 4.78 is 28.7. The molecule has 1 unspecified atom stereocenters. The first-order valence-corrected chi connectivity index (χ1v) is 10.0. The third-order valence-electron chi connectivity index (χ3n) is 5.35. The summed E-state index contributed by atoms with van der Waals surface area (Å²) >= 11 is 0. The minimum atomic E-state index is -0.499. The molecule has 1 saturated heterocycles. The highest BCUT2D eigenvalue weighted by molar-refractivity contribution is 5.76. The SMILES string of the molecule is CCOC(=O)C1Cc2c(OC)cc(OCc3ccccc3)c(C3OCCO3)c2C1. The Morgan fingerprint density at radius 2 is 1.79 bits per heavy atom. The summed E-state index contributed by atoms with van der Waals surface area (Å²) in [6, 6.07) is 11.9. The lowest BCUT2D eigenvalue weighted by Gasteiger charge is -2.21. The van der Waals surface area contributed by atoms with Crippen LogP contribution in [0, 0.1) is 5.92 Å². The third kappa shape index (κ3) is 4.09. The van der Waals surface area contributed by atoms with Gasteiger partial charge in [-0.1, -0.05) is 30.3 Å². The Morgan fingerprint density at radius 1 is 1.07 bits per heavy atom. The number of carbonyl (C=O) groups is 1. The molecule has 1 heterocycles. The topological polar surface area (TPSA) is 63.2 Å². The summed E-state index contributed by atoms with van der Waals surface area (Å²) in [5, 5.41) is 0. The van der Waals surface area contributed by atoms with Gasteiger partial charge in [0.15, 0.2) is 6.29 Å². The van der Waals surface area contributed by atoms with Crippen LogP contribution in [0.4, 0.5) is 0 Å². The second-order valence-electron chi connectivity index (χ2n) is 7.15. The molecule has 0 N–H and O–H groups in total. The van der Waals surface area contributed by atoms with Crippen LogP contribution in [0.2, 0.25) is 0 Å². The van der Waals surface area contributed by atoms with Crippen LogP contribution in [-0.4, -0.2) is 32.9 Å². The van der Waals surface area contributed by atoms with Gasteiger partial charge < -0.3 is 23.7 Å². The summed E-state index contributed by atoms with van der Waals surface area (Å²) in [4.78, 5) is 12.4. The van der Waals surface area contributed by atoms with Gasteiger partial charge >= 0.3 is 5.97 Å². The number of methoxy groups -OCH3 is 1. The lowest BCUT2D eigenvalue weighted by atomic mass is 10.00. The number of ether oxygens (including phenoxy) is 5. The zero-order valence-corrected chi connectivity index (χ0v) is 16.8. The first-order chi connectivity index (χ1) is 14.2. The van der Waals surface area contributed by atoms with Crippen molar-refractivity contribution < 1.29 is 28.5 Å². The number of benzene rings is 2. The highest BCUT2D eigenvalue weighted by Crippen LogP contribution is 2.45. The van der Waals surface area contributed by atoms with Gasteiger partial charge in [0.1, 0.15) is 18.1 Å². The van der Waals surface area contributed by atoms with Gasteiger partial charge in [0.2, 0.25) is 0 Å². The summed E-state index contributed by atoms with van der Waals surface area (Å²) in [6.45, 7) is 3.68. The van der Waals surface area contributed by atoms with E-state index in [2.05, 4.69) is 0 Å². The van der Waals surface area contributed by atoms with Crippen molar-refractivity contribution in [2.45, 2.75) is 32.7 Å². The Kier molecular flexibility index (Phi) is 6.02. The predicted molar refractivity (Wildman–Crippen MR) is 106 cm³/mol. The smallest absolute Gasteiger partial charge is 0.309 e. The summed E-state index contributed by atoms with van der Waals surface area (Å²) in [6.07, 6.45) is 0.642. The fourth-order valence-electron chi connectivity index (χ4n) is 4.01.